The molecule has 0 aromatic rings. The number of rotatable bonds is 65. The molecule has 84 heavy (non-hydrogen) atoms. The number of phosphoric acid groups is 2. The van der Waals surface area contributed by atoms with Crippen molar-refractivity contribution < 1.29 is 80.2 Å². The van der Waals surface area contributed by atoms with Gasteiger partial charge in [0.25, 0.3) is 0 Å². The van der Waals surface area contributed by atoms with E-state index in [-0.39, 0.29) is 25.7 Å². The van der Waals surface area contributed by atoms with E-state index in [0.717, 1.165) is 95.8 Å². The number of unbranched alkanes of at least 4 members (excludes halogenated alkanes) is 36. The van der Waals surface area contributed by atoms with Crippen molar-refractivity contribution in [3.05, 3.63) is 0 Å². The SMILES string of the molecule is CCCCCCCCCCCCCC(=O)OC[C@H](COP(=O)(O)OC[C@@H](O)COP(=O)(O)OC[C@@H](COC(=O)CCCCCCCCCCC)OC(=O)CCCCCCCCCCCC)OC(=O)CCCCCCCCCCCCC(C)CC. The molecular formula is C65H126O17P2. The number of hydrogen-bond acceptors (Lipinski definition) is 15. The highest BCUT2D eigenvalue weighted by atomic mass is 31.2. The molecule has 0 spiro atoms. The first kappa shape index (κ1) is 82.1. The third kappa shape index (κ3) is 57.8. The van der Waals surface area contributed by atoms with E-state index < -0.39 is 97.5 Å². The molecule has 17 nitrogen and oxygen atoms in total. The third-order valence-corrected chi connectivity index (χ3v) is 17.3. The van der Waals surface area contributed by atoms with Crippen molar-refractivity contribution in [1.29, 1.82) is 0 Å². The number of phosphoric ester groups is 2. The van der Waals surface area contributed by atoms with Gasteiger partial charge in [-0.3, -0.25) is 37.3 Å². The highest BCUT2D eigenvalue weighted by molar-refractivity contribution is 7.47. The standard InChI is InChI=1S/C65H126O17P2/c1-6-10-13-16-19-22-24-30-34-39-44-49-63(68)76-55-61(82-65(70)51-46-41-36-31-26-25-28-32-37-42-47-58(5)9-4)57-80-84(73,74)78-53-59(66)52-77-83(71,72)79-56-60(54-75-62(67)48-43-38-33-27-21-18-15-12-8-3)81-64(69)50-45-40-35-29-23-20-17-14-11-7-2/h58-61,66H,6-57H2,1-5H3,(H,71,72)(H,73,74)/t58?,59-,60+,61+/m0/s1. The van der Waals surface area contributed by atoms with Crippen LogP contribution in [0.2, 0.25) is 0 Å². The lowest BCUT2D eigenvalue weighted by atomic mass is 9.99. The zero-order valence-corrected chi connectivity index (χ0v) is 55.8. The highest BCUT2D eigenvalue weighted by Crippen LogP contribution is 2.45. The van der Waals surface area contributed by atoms with Gasteiger partial charge >= 0.3 is 39.5 Å². The van der Waals surface area contributed by atoms with Crippen LogP contribution in [0.3, 0.4) is 0 Å². The minimum atomic E-state index is -4.94. The number of carbonyl (C=O) groups excluding carboxylic acids is 4. The summed E-state index contributed by atoms with van der Waals surface area (Å²) >= 11 is 0. The molecule has 0 aliphatic heterocycles. The first-order valence-electron chi connectivity index (χ1n) is 34.2. The second-order valence-electron chi connectivity index (χ2n) is 23.7. The van der Waals surface area contributed by atoms with Crippen LogP contribution < -0.4 is 0 Å². The summed E-state index contributed by atoms with van der Waals surface area (Å²) in [6.07, 6.45) is 42.8. The number of aliphatic hydroxyl groups excluding tert-OH is 1. The molecule has 3 N–H and O–H groups in total. The Kier molecular flexibility index (Phi) is 57.4. The maximum Gasteiger partial charge on any atom is 0.472 e. The van der Waals surface area contributed by atoms with Gasteiger partial charge in [-0.25, -0.2) is 9.13 Å². The predicted molar refractivity (Wildman–Crippen MR) is 335 cm³/mol. The Bertz CT molecular complexity index is 1640. The fraction of sp³-hybridized carbons (Fsp3) is 0.938. The lowest BCUT2D eigenvalue weighted by Crippen LogP contribution is -2.30. The van der Waals surface area contributed by atoms with Crippen LogP contribution in [0, 0.1) is 5.92 Å². The van der Waals surface area contributed by atoms with E-state index in [2.05, 4.69) is 34.6 Å². The molecule has 0 amide bonds. The fourth-order valence-corrected chi connectivity index (χ4v) is 11.3. The summed E-state index contributed by atoms with van der Waals surface area (Å²) < 4.78 is 68.0. The van der Waals surface area contributed by atoms with E-state index in [0.29, 0.717) is 25.7 Å². The summed E-state index contributed by atoms with van der Waals surface area (Å²) in [6, 6.07) is 0. The molecule has 0 heterocycles. The molecule has 0 fully saturated rings. The molecule has 498 valence electrons. The largest absolute Gasteiger partial charge is 0.472 e. The zero-order chi connectivity index (χ0) is 62.0. The van der Waals surface area contributed by atoms with Crippen LogP contribution in [0.5, 0.6) is 0 Å². The summed E-state index contributed by atoms with van der Waals surface area (Å²) in [5.74, 6) is -1.33. The quantitative estimate of drug-likeness (QED) is 0.0222. The zero-order valence-electron chi connectivity index (χ0n) is 54.0. The number of carbonyl (C=O) groups is 4. The molecule has 0 aromatic carbocycles. The van der Waals surface area contributed by atoms with Gasteiger partial charge in [-0.05, 0) is 31.6 Å². The molecule has 0 saturated carbocycles. The minimum Gasteiger partial charge on any atom is -0.462 e. The summed E-state index contributed by atoms with van der Waals surface area (Å²) in [6.45, 7) is 7.20. The van der Waals surface area contributed by atoms with Crippen molar-refractivity contribution in [2.75, 3.05) is 39.6 Å². The van der Waals surface area contributed by atoms with Gasteiger partial charge in [0.05, 0.1) is 26.4 Å². The Labute approximate surface area is 511 Å². The molecule has 0 bridgehead atoms. The predicted octanol–water partition coefficient (Wildman–Crippen LogP) is 18.2. The van der Waals surface area contributed by atoms with Crippen LogP contribution in [0.25, 0.3) is 0 Å². The Balaban J connectivity index is 5.23. The Morgan fingerprint density at radius 3 is 0.845 bits per heavy atom. The average molecular weight is 1240 g/mol. The van der Waals surface area contributed by atoms with Gasteiger partial charge in [0.15, 0.2) is 12.2 Å². The van der Waals surface area contributed by atoms with Gasteiger partial charge in [-0.15, -0.1) is 0 Å². The Hall–Kier alpha value is -1.94. The van der Waals surface area contributed by atoms with Crippen molar-refractivity contribution in [3.8, 4) is 0 Å². The topological polar surface area (TPSA) is 237 Å². The second kappa shape index (κ2) is 58.7. The van der Waals surface area contributed by atoms with E-state index in [1.165, 1.54) is 154 Å². The first-order valence-corrected chi connectivity index (χ1v) is 37.2. The van der Waals surface area contributed by atoms with Gasteiger partial charge in [0.2, 0.25) is 0 Å². The summed E-state index contributed by atoms with van der Waals surface area (Å²) in [7, 11) is -9.88. The molecular weight excluding hydrogens is 1110 g/mol. The van der Waals surface area contributed by atoms with Crippen LogP contribution in [0.1, 0.15) is 330 Å². The minimum absolute atomic E-state index is 0.106. The molecule has 19 heteroatoms. The van der Waals surface area contributed by atoms with Crippen molar-refractivity contribution in [1.82, 2.24) is 0 Å². The summed E-state index contributed by atoms with van der Waals surface area (Å²) in [4.78, 5) is 72.2. The van der Waals surface area contributed by atoms with Crippen LogP contribution in [0.15, 0.2) is 0 Å². The van der Waals surface area contributed by atoms with Gasteiger partial charge < -0.3 is 33.8 Å². The number of aliphatic hydroxyl groups is 1. The lowest BCUT2D eigenvalue weighted by molar-refractivity contribution is -0.161. The van der Waals surface area contributed by atoms with Crippen molar-refractivity contribution in [3.63, 3.8) is 0 Å². The van der Waals surface area contributed by atoms with Crippen LogP contribution in [-0.2, 0) is 65.4 Å². The summed E-state index contributed by atoms with van der Waals surface area (Å²) in [5.41, 5.74) is 0. The van der Waals surface area contributed by atoms with Crippen LogP contribution in [-0.4, -0.2) is 96.7 Å². The first-order chi connectivity index (χ1) is 40.6. The Morgan fingerprint density at radius 1 is 0.333 bits per heavy atom. The van der Waals surface area contributed by atoms with Gasteiger partial charge in [-0.2, -0.15) is 0 Å². The molecule has 6 atom stereocenters. The molecule has 3 unspecified atom stereocenters. The molecule has 0 rings (SSSR count). The van der Waals surface area contributed by atoms with Gasteiger partial charge in [0.1, 0.15) is 19.3 Å². The lowest BCUT2D eigenvalue weighted by Gasteiger charge is -2.21. The normalized spacial score (nSPS) is 14.5. The van der Waals surface area contributed by atoms with Crippen molar-refractivity contribution in [2.45, 2.75) is 348 Å². The molecule has 0 aliphatic rings. The number of esters is 4. The van der Waals surface area contributed by atoms with Crippen molar-refractivity contribution >= 4 is 39.5 Å². The van der Waals surface area contributed by atoms with E-state index in [4.69, 9.17) is 37.0 Å². The number of hydrogen-bond donors (Lipinski definition) is 3. The van der Waals surface area contributed by atoms with E-state index in [9.17, 15) is 43.2 Å². The van der Waals surface area contributed by atoms with Crippen molar-refractivity contribution in [2.24, 2.45) is 5.92 Å². The molecule has 0 aromatic heterocycles. The maximum absolute atomic E-state index is 13.0. The molecule has 0 radical (unpaired) electrons. The number of ether oxygens (including phenoxy) is 4. The Morgan fingerprint density at radius 2 is 0.571 bits per heavy atom. The van der Waals surface area contributed by atoms with E-state index in [1.807, 2.05) is 0 Å². The van der Waals surface area contributed by atoms with Crippen LogP contribution in [0.4, 0.5) is 0 Å². The van der Waals surface area contributed by atoms with Gasteiger partial charge in [-0.1, -0.05) is 279 Å². The maximum atomic E-state index is 13.0. The fourth-order valence-electron chi connectivity index (χ4n) is 9.73. The molecule has 0 aliphatic carbocycles. The highest BCUT2D eigenvalue weighted by Gasteiger charge is 2.30. The van der Waals surface area contributed by atoms with E-state index in [1.54, 1.807) is 0 Å². The van der Waals surface area contributed by atoms with Gasteiger partial charge in [0, 0.05) is 25.7 Å². The monoisotopic (exact) mass is 1240 g/mol. The summed E-state index contributed by atoms with van der Waals surface area (Å²) in [5, 5.41) is 10.5. The molecule has 0 saturated heterocycles. The van der Waals surface area contributed by atoms with Crippen LogP contribution >= 0.6 is 15.6 Å². The second-order valence-corrected chi connectivity index (χ2v) is 26.7. The average Bonchev–Trinajstić information content (AvgIpc) is 3.65. The smallest absolute Gasteiger partial charge is 0.462 e. The van der Waals surface area contributed by atoms with E-state index >= 15 is 0 Å². The third-order valence-electron chi connectivity index (χ3n) is 15.4.